The van der Waals surface area contributed by atoms with Gasteiger partial charge in [-0.05, 0) is 40.2 Å². The van der Waals surface area contributed by atoms with Crippen molar-refractivity contribution >= 4 is 12.1 Å². The lowest BCUT2D eigenvalue weighted by molar-refractivity contribution is -0.150. The number of rotatable bonds is 5. The van der Waals surface area contributed by atoms with Gasteiger partial charge in [0.1, 0.15) is 18.2 Å². The first-order valence-electron chi connectivity index (χ1n) is 7.44. The minimum Gasteiger partial charge on any atom is -0.459 e. The molecule has 0 spiro atoms. The molecule has 0 aliphatic rings. The quantitative estimate of drug-likeness (QED) is 0.783. The van der Waals surface area contributed by atoms with Crippen LogP contribution in [0.1, 0.15) is 40.2 Å². The molecule has 0 aliphatic heterocycles. The molecule has 1 rings (SSSR count). The first-order valence-corrected chi connectivity index (χ1v) is 7.44. The maximum absolute atomic E-state index is 12.1. The zero-order chi connectivity index (χ0) is 16.8. The average Bonchev–Trinajstić information content (AvgIpc) is 2.44. The van der Waals surface area contributed by atoms with E-state index in [9.17, 15) is 9.59 Å². The van der Waals surface area contributed by atoms with Crippen molar-refractivity contribution in [3.8, 4) is 0 Å². The van der Waals surface area contributed by atoms with E-state index in [2.05, 4.69) is 0 Å². The van der Waals surface area contributed by atoms with Gasteiger partial charge in [0.2, 0.25) is 0 Å². The topological polar surface area (TPSA) is 55.8 Å². The number of carbonyl (C=O) groups excluding carboxylic acids is 2. The summed E-state index contributed by atoms with van der Waals surface area (Å²) in [5, 5.41) is 0. The molecule has 0 aliphatic carbocycles. The number of ether oxygens (including phenoxy) is 2. The predicted octanol–water partition coefficient (Wildman–Crippen LogP) is 3.38. The second-order valence-corrected chi connectivity index (χ2v) is 6.04. The van der Waals surface area contributed by atoms with Crippen LogP contribution < -0.4 is 0 Å². The van der Waals surface area contributed by atoms with Crippen molar-refractivity contribution in [3.63, 3.8) is 0 Å². The van der Waals surface area contributed by atoms with Gasteiger partial charge in [-0.15, -0.1) is 0 Å². The Balaban J connectivity index is 2.60. The Morgan fingerprint density at radius 1 is 1.18 bits per heavy atom. The maximum atomic E-state index is 12.1. The van der Waals surface area contributed by atoms with E-state index in [-0.39, 0.29) is 6.61 Å². The third-order valence-electron chi connectivity index (χ3n) is 3.00. The van der Waals surface area contributed by atoms with Crippen molar-refractivity contribution in [2.45, 2.75) is 52.9 Å². The van der Waals surface area contributed by atoms with E-state index in [0.29, 0.717) is 6.54 Å². The van der Waals surface area contributed by atoms with Gasteiger partial charge in [-0.2, -0.15) is 0 Å². The summed E-state index contributed by atoms with van der Waals surface area (Å²) in [6, 6.07) is 8.72. The first-order chi connectivity index (χ1) is 10.2. The summed E-state index contributed by atoms with van der Waals surface area (Å²) >= 11 is 0. The molecule has 122 valence electrons. The molecule has 0 N–H and O–H groups in total. The first kappa shape index (κ1) is 18.0. The summed E-state index contributed by atoms with van der Waals surface area (Å²) in [6.07, 6.45) is -0.515. The normalized spacial score (nSPS) is 12.4. The van der Waals surface area contributed by atoms with Gasteiger partial charge in [-0.3, -0.25) is 4.90 Å². The Labute approximate surface area is 132 Å². The average molecular weight is 307 g/mol. The smallest absolute Gasteiger partial charge is 0.411 e. The van der Waals surface area contributed by atoms with Crippen LogP contribution in [-0.4, -0.2) is 35.2 Å². The number of likely N-dealkylation sites (N-methyl/N-ethyl adjacent to an activating group) is 1. The monoisotopic (exact) mass is 307 g/mol. The fraction of sp³-hybridized carbons (Fsp3) is 0.529. The predicted molar refractivity (Wildman–Crippen MR) is 84.3 cm³/mol. The van der Waals surface area contributed by atoms with E-state index in [1.807, 2.05) is 30.3 Å². The van der Waals surface area contributed by atoms with Crippen molar-refractivity contribution in [1.82, 2.24) is 4.90 Å². The van der Waals surface area contributed by atoms with Gasteiger partial charge in [0, 0.05) is 6.54 Å². The van der Waals surface area contributed by atoms with E-state index < -0.39 is 23.7 Å². The highest BCUT2D eigenvalue weighted by Crippen LogP contribution is 2.13. The number of carbonyl (C=O) groups is 2. The minimum atomic E-state index is -0.691. The van der Waals surface area contributed by atoms with Gasteiger partial charge in [-0.1, -0.05) is 30.3 Å². The lowest BCUT2D eigenvalue weighted by Gasteiger charge is -2.29. The molecule has 0 radical (unpaired) electrons. The van der Waals surface area contributed by atoms with Crippen LogP contribution >= 0.6 is 0 Å². The molecule has 0 saturated heterocycles. The van der Waals surface area contributed by atoms with Crippen molar-refractivity contribution < 1.29 is 19.1 Å². The van der Waals surface area contributed by atoms with Crippen LogP contribution in [0.3, 0.4) is 0 Å². The molecule has 0 unspecified atom stereocenters. The van der Waals surface area contributed by atoms with Gasteiger partial charge in [-0.25, -0.2) is 9.59 Å². The second-order valence-electron chi connectivity index (χ2n) is 6.04. The van der Waals surface area contributed by atoms with Crippen LogP contribution in [0.4, 0.5) is 4.79 Å². The van der Waals surface area contributed by atoms with Gasteiger partial charge in [0.05, 0.1) is 0 Å². The van der Waals surface area contributed by atoms with Crippen LogP contribution in [-0.2, 0) is 20.9 Å². The van der Waals surface area contributed by atoms with Gasteiger partial charge in [0.15, 0.2) is 0 Å². The van der Waals surface area contributed by atoms with Crippen LogP contribution in [0.2, 0.25) is 0 Å². The Morgan fingerprint density at radius 3 is 2.27 bits per heavy atom. The molecule has 0 fully saturated rings. The number of benzene rings is 1. The Hall–Kier alpha value is -2.04. The molecule has 0 heterocycles. The fourth-order valence-electron chi connectivity index (χ4n) is 1.86. The van der Waals surface area contributed by atoms with Crippen LogP contribution in [0.15, 0.2) is 30.3 Å². The summed E-state index contributed by atoms with van der Waals surface area (Å²) in [6.45, 7) is 9.36. The summed E-state index contributed by atoms with van der Waals surface area (Å²) in [5.41, 5.74) is 0.307. The molecule has 1 atom stereocenters. The van der Waals surface area contributed by atoms with Gasteiger partial charge in [0.25, 0.3) is 0 Å². The number of hydrogen-bond donors (Lipinski definition) is 0. The van der Waals surface area contributed by atoms with E-state index in [0.717, 1.165) is 5.56 Å². The molecule has 0 saturated carbocycles. The standard InChI is InChI=1S/C17H25NO4/c1-6-18(16(20)22-17(3,4)5)13(2)15(19)21-12-14-10-8-7-9-11-14/h7-11,13H,6,12H2,1-5H3/t13-/m1/s1. The van der Waals surface area contributed by atoms with Crippen molar-refractivity contribution in [3.05, 3.63) is 35.9 Å². The largest absolute Gasteiger partial charge is 0.459 e. The van der Waals surface area contributed by atoms with E-state index in [1.165, 1.54) is 4.90 Å². The summed E-state index contributed by atoms with van der Waals surface area (Å²) in [4.78, 5) is 25.6. The number of hydrogen-bond acceptors (Lipinski definition) is 4. The molecule has 5 heteroatoms. The fourth-order valence-corrected chi connectivity index (χ4v) is 1.86. The minimum absolute atomic E-state index is 0.190. The summed E-state index contributed by atoms with van der Waals surface area (Å²) in [7, 11) is 0. The molecular formula is C17H25NO4. The highest BCUT2D eigenvalue weighted by Gasteiger charge is 2.29. The van der Waals surface area contributed by atoms with Crippen molar-refractivity contribution in [2.24, 2.45) is 0 Å². The van der Waals surface area contributed by atoms with E-state index in [1.54, 1.807) is 34.6 Å². The van der Waals surface area contributed by atoms with E-state index >= 15 is 0 Å². The van der Waals surface area contributed by atoms with Gasteiger partial charge < -0.3 is 9.47 Å². The molecule has 22 heavy (non-hydrogen) atoms. The molecule has 1 amide bonds. The van der Waals surface area contributed by atoms with Crippen LogP contribution in [0.5, 0.6) is 0 Å². The van der Waals surface area contributed by atoms with Crippen LogP contribution in [0.25, 0.3) is 0 Å². The summed E-state index contributed by atoms with van der Waals surface area (Å²) in [5.74, 6) is -0.448. The molecule has 1 aromatic carbocycles. The van der Waals surface area contributed by atoms with Crippen molar-refractivity contribution in [1.29, 1.82) is 0 Å². The molecule has 1 aromatic rings. The highest BCUT2D eigenvalue weighted by atomic mass is 16.6. The molecule has 0 bridgehead atoms. The number of esters is 1. The zero-order valence-corrected chi connectivity index (χ0v) is 14.0. The highest BCUT2D eigenvalue weighted by molar-refractivity contribution is 5.81. The number of amides is 1. The SMILES string of the molecule is CCN(C(=O)OC(C)(C)C)[C@H](C)C(=O)OCc1ccccc1. The molecule has 0 aromatic heterocycles. The Bertz CT molecular complexity index is 493. The van der Waals surface area contributed by atoms with E-state index in [4.69, 9.17) is 9.47 Å². The third-order valence-corrected chi connectivity index (χ3v) is 3.00. The maximum Gasteiger partial charge on any atom is 0.411 e. The van der Waals surface area contributed by atoms with Crippen molar-refractivity contribution in [2.75, 3.05) is 6.54 Å². The Kier molecular flexibility index (Phi) is 6.40. The molecule has 5 nitrogen and oxygen atoms in total. The second kappa shape index (κ2) is 7.82. The number of nitrogens with zero attached hydrogens (tertiary/aromatic N) is 1. The summed E-state index contributed by atoms with van der Waals surface area (Å²) < 4.78 is 10.6. The van der Waals surface area contributed by atoms with Crippen LogP contribution in [0, 0.1) is 0 Å². The zero-order valence-electron chi connectivity index (χ0n) is 14.0. The molecular weight excluding hydrogens is 282 g/mol. The lowest BCUT2D eigenvalue weighted by Crippen LogP contribution is -2.46. The van der Waals surface area contributed by atoms with Gasteiger partial charge >= 0.3 is 12.1 Å². The third kappa shape index (κ3) is 5.76. The Morgan fingerprint density at radius 2 is 1.77 bits per heavy atom. The lowest BCUT2D eigenvalue weighted by atomic mass is 10.2.